The molecule has 1 aromatic carbocycles. The zero-order valence-corrected chi connectivity index (χ0v) is 9.75. The minimum atomic E-state index is -0.224. The van der Waals surface area contributed by atoms with Crippen LogP contribution in [0.2, 0.25) is 0 Å². The fraction of sp³-hybridized carbons (Fsp3) is 0.154. The van der Waals surface area contributed by atoms with Gasteiger partial charge in [0, 0.05) is 16.2 Å². The fourth-order valence-corrected chi connectivity index (χ4v) is 4.08. The van der Waals surface area contributed by atoms with Crippen molar-refractivity contribution in [2.45, 2.75) is 6.92 Å². The van der Waals surface area contributed by atoms with E-state index >= 15 is 0 Å². The van der Waals surface area contributed by atoms with Crippen LogP contribution in [0.4, 0.5) is 0 Å². The van der Waals surface area contributed by atoms with Crippen LogP contribution >= 0.6 is 7.53 Å². The molecule has 2 heterocycles. The Morgan fingerprint density at radius 2 is 1.80 bits per heavy atom. The van der Waals surface area contributed by atoms with Crippen molar-refractivity contribution in [2.75, 3.05) is 0 Å². The summed E-state index contributed by atoms with van der Waals surface area (Å²) in [7, 11) is -0.224. The third kappa shape index (κ3) is 1.20. The summed E-state index contributed by atoms with van der Waals surface area (Å²) in [6.45, 7) is 4.36. The number of nitrogens with zero attached hydrogens (tertiary/aromatic N) is 1. The minimum absolute atomic E-state index is 0.224. The second-order valence-electron chi connectivity index (χ2n) is 3.90. The molecule has 0 aliphatic rings. The van der Waals surface area contributed by atoms with Crippen LogP contribution in [0.25, 0.3) is 21.1 Å². The molecule has 2 aromatic heterocycles. The van der Waals surface area contributed by atoms with Crippen LogP contribution in [0.15, 0.2) is 36.4 Å². The van der Waals surface area contributed by atoms with Gasteiger partial charge in [0.1, 0.15) is 0 Å². The summed E-state index contributed by atoms with van der Waals surface area (Å²) in [5.41, 5.74) is 1.12. The molecule has 0 radical (unpaired) electrons. The highest BCUT2D eigenvalue weighted by Gasteiger charge is 2.08. The summed E-state index contributed by atoms with van der Waals surface area (Å²) in [5.74, 6) is 0. The lowest BCUT2D eigenvalue weighted by molar-refractivity contribution is 1.27. The summed E-state index contributed by atoms with van der Waals surface area (Å²) in [5, 5.41) is 5.49. The summed E-state index contributed by atoms with van der Waals surface area (Å²) < 4.78 is 0. The van der Waals surface area contributed by atoms with E-state index in [1.165, 1.54) is 21.1 Å². The first-order valence-corrected chi connectivity index (χ1v) is 6.87. The van der Waals surface area contributed by atoms with Crippen LogP contribution in [0.1, 0.15) is 5.69 Å². The zero-order chi connectivity index (χ0) is 10.4. The van der Waals surface area contributed by atoms with Gasteiger partial charge in [0.2, 0.25) is 0 Å². The number of pyridine rings is 1. The second-order valence-corrected chi connectivity index (χ2v) is 5.92. The highest BCUT2D eigenvalue weighted by molar-refractivity contribution is 7.59. The number of aryl methyl sites for hydroxylation is 2. The lowest BCUT2D eigenvalue weighted by Gasteiger charge is -1.94. The van der Waals surface area contributed by atoms with Crippen molar-refractivity contribution in [1.29, 1.82) is 0 Å². The van der Waals surface area contributed by atoms with Crippen molar-refractivity contribution in [2.24, 2.45) is 6.66 Å². The van der Waals surface area contributed by atoms with Crippen molar-refractivity contribution < 1.29 is 0 Å². The minimum Gasteiger partial charge on any atom is -0.249 e. The number of aromatic nitrogens is 1. The zero-order valence-electron chi connectivity index (χ0n) is 8.86. The average molecular weight is 213 g/mol. The van der Waals surface area contributed by atoms with Crippen molar-refractivity contribution in [3.05, 3.63) is 42.1 Å². The maximum atomic E-state index is 4.68. The Labute approximate surface area is 89.8 Å². The number of fused-ring (bicyclic) bond motifs is 3. The first-order chi connectivity index (χ1) is 7.27. The number of hydrogen-bond acceptors (Lipinski definition) is 1. The average Bonchev–Trinajstić information content (AvgIpc) is 2.54. The van der Waals surface area contributed by atoms with Crippen LogP contribution in [-0.4, -0.2) is 4.98 Å². The van der Waals surface area contributed by atoms with E-state index in [0.717, 1.165) is 5.69 Å². The summed E-state index contributed by atoms with van der Waals surface area (Å²) in [6, 6.07) is 13.0. The van der Waals surface area contributed by atoms with Gasteiger partial charge in [-0.1, -0.05) is 37.9 Å². The third-order valence-electron chi connectivity index (χ3n) is 2.89. The molecule has 2 heteroatoms. The number of rotatable bonds is 0. The highest BCUT2D eigenvalue weighted by Crippen LogP contribution is 2.45. The fourth-order valence-electron chi connectivity index (χ4n) is 2.12. The van der Waals surface area contributed by atoms with E-state index in [9.17, 15) is 0 Å². The van der Waals surface area contributed by atoms with E-state index in [2.05, 4.69) is 55.0 Å². The molecule has 1 nitrogen and oxygen atoms in total. The topological polar surface area (TPSA) is 12.9 Å². The van der Waals surface area contributed by atoms with Gasteiger partial charge in [-0.05, 0) is 25.0 Å². The molecule has 3 aromatic rings. The lowest BCUT2D eigenvalue weighted by atomic mass is 10.2. The molecule has 0 bridgehead atoms. The predicted octanol–water partition coefficient (Wildman–Crippen LogP) is 4.22. The molecule has 0 spiro atoms. The van der Waals surface area contributed by atoms with Crippen LogP contribution in [0.5, 0.6) is 0 Å². The van der Waals surface area contributed by atoms with Gasteiger partial charge >= 0.3 is 0 Å². The Balaban J connectivity index is 2.63. The molecule has 0 saturated carbocycles. The highest BCUT2D eigenvalue weighted by atomic mass is 31.1. The summed E-state index contributed by atoms with van der Waals surface area (Å²) in [6.07, 6.45) is 0. The molecule has 0 amide bonds. The Hall–Kier alpha value is -1.33. The van der Waals surface area contributed by atoms with Gasteiger partial charge in [0.25, 0.3) is 0 Å². The molecule has 1 atom stereocenters. The molecule has 0 aliphatic heterocycles. The van der Waals surface area contributed by atoms with Gasteiger partial charge < -0.3 is 0 Å². The molecule has 3 rings (SSSR count). The van der Waals surface area contributed by atoms with Gasteiger partial charge in [-0.15, -0.1) is 0 Å². The van der Waals surface area contributed by atoms with E-state index in [1.807, 2.05) is 0 Å². The molecule has 0 aliphatic carbocycles. The van der Waals surface area contributed by atoms with E-state index < -0.39 is 0 Å². The summed E-state index contributed by atoms with van der Waals surface area (Å²) in [4.78, 5) is 4.68. The first-order valence-electron chi connectivity index (χ1n) is 5.08. The van der Waals surface area contributed by atoms with Crippen LogP contribution < -0.4 is 0 Å². The molecule has 74 valence electrons. The van der Waals surface area contributed by atoms with E-state index in [1.54, 1.807) is 0 Å². The third-order valence-corrected chi connectivity index (χ3v) is 4.98. The van der Waals surface area contributed by atoms with E-state index in [0.29, 0.717) is 0 Å². The van der Waals surface area contributed by atoms with E-state index in [-0.39, 0.29) is 7.53 Å². The standard InChI is InChI=1S/C13H12NP/c1-9-7-8-11-10-5-3-4-6-12(10)15(2)13(11)14-9/h3-8H,1-2H3. The largest absolute Gasteiger partial charge is 0.249 e. The lowest BCUT2D eigenvalue weighted by Crippen LogP contribution is -1.77. The van der Waals surface area contributed by atoms with Crippen molar-refractivity contribution in [1.82, 2.24) is 4.98 Å². The van der Waals surface area contributed by atoms with Gasteiger partial charge in [-0.2, -0.15) is 0 Å². The normalized spacial score (nSPS) is 12.5. The van der Waals surface area contributed by atoms with Crippen LogP contribution in [-0.2, 0) is 6.66 Å². The molecular weight excluding hydrogens is 201 g/mol. The molecular formula is C13H12NP. The smallest absolute Gasteiger partial charge is 0.0900 e. The molecule has 0 saturated heterocycles. The molecule has 1 unspecified atom stereocenters. The second kappa shape index (κ2) is 3.08. The quantitative estimate of drug-likeness (QED) is 0.544. The maximum Gasteiger partial charge on any atom is 0.0900 e. The first kappa shape index (κ1) is 8.94. The molecule has 0 fully saturated rings. The number of hydrogen-bond donors (Lipinski definition) is 0. The van der Waals surface area contributed by atoms with Crippen LogP contribution in [0.3, 0.4) is 0 Å². The van der Waals surface area contributed by atoms with E-state index in [4.69, 9.17) is 0 Å². The Morgan fingerprint density at radius 1 is 1.00 bits per heavy atom. The summed E-state index contributed by atoms with van der Waals surface area (Å²) >= 11 is 0. The Morgan fingerprint density at radius 3 is 2.67 bits per heavy atom. The molecule has 0 N–H and O–H groups in total. The molecule has 15 heavy (non-hydrogen) atoms. The monoisotopic (exact) mass is 213 g/mol. The predicted molar refractivity (Wildman–Crippen MR) is 67.7 cm³/mol. The van der Waals surface area contributed by atoms with Crippen molar-refractivity contribution in [3.8, 4) is 0 Å². The Kier molecular flexibility index (Phi) is 1.83. The van der Waals surface area contributed by atoms with Gasteiger partial charge in [-0.25, -0.2) is 4.98 Å². The maximum absolute atomic E-state index is 4.68. The van der Waals surface area contributed by atoms with Crippen molar-refractivity contribution in [3.63, 3.8) is 0 Å². The van der Waals surface area contributed by atoms with Crippen molar-refractivity contribution >= 4 is 28.7 Å². The van der Waals surface area contributed by atoms with Crippen LogP contribution in [0, 0.1) is 6.92 Å². The number of benzene rings is 1. The van der Waals surface area contributed by atoms with Gasteiger partial charge in [0.05, 0.1) is 5.25 Å². The SMILES string of the molecule is Cc1ccc2c3ccccc3p(C)c2n1. The van der Waals surface area contributed by atoms with Gasteiger partial charge in [-0.3, -0.25) is 0 Å². The Bertz CT molecular complexity index is 652. The van der Waals surface area contributed by atoms with Gasteiger partial charge in [0.15, 0.2) is 0 Å².